The van der Waals surface area contributed by atoms with Gasteiger partial charge >= 0.3 is 0 Å². The number of hydrogen-bond acceptors (Lipinski definition) is 5. The van der Waals surface area contributed by atoms with E-state index in [9.17, 15) is 0 Å². The summed E-state index contributed by atoms with van der Waals surface area (Å²) in [7, 11) is 0. The van der Waals surface area contributed by atoms with Gasteiger partial charge in [0.2, 0.25) is 0 Å². The normalized spacial score (nSPS) is 27.7. The van der Waals surface area contributed by atoms with Crippen LogP contribution in [0.1, 0.15) is 0 Å². The summed E-state index contributed by atoms with van der Waals surface area (Å²) in [6, 6.07) is 0. The maximum Gasteiger partial charge on any atom is 0.103 e. The SMILES string of the molecule is SC1SC2=C(SCS2)S1. The lowest BCUT2D eigenvalue weighted by molar-refractivity contribution is 2.14. The van der Waals surface area contributed by atoms with Crippen molar-refractivity contribution >= 4 is 59.7 Å². The first-order chi connectivity index (χ1) is 4.36. The average Bonchev–Trinajstić information content (AvgIpc) is 2.22. The summed E-state index contributed by atoms with van der Waals surface area (Å²) in [6.07, 6.45) is 0. The number of thioether (sulfide) groups is 4. The van der Waals surface area contributed by atoms with Crippen LogP contribution in [0.2, 0.25) is 0 Å². The Morgan fingerprint density at radius 3 is 2.33 bits per heavy atom. The van der Waals surface area contributed by atoms with E-state index in [2.05, 4.69) is 12.6 Å². The molecule has 5 heteroatoms. The van der Waals surface area contributed by atoms with Crippen LogP contribution >= 0.6 is 59.7 Å². The van der Waals surface area contributed by atoms with Crippen LogP contribution in [0.15, 0.2) is 8.47 Å². The lowest BCUT2D eigenvalue weighted by Gasteiger charge is -1.99. The molecule has 2 rings (SSSR count). The van der Waals surface area contributed by atoms with Crippen LogP contribution in [0.4, 0.5) is 0 Å². The molecule has 0 aromatic heterocycles. The fraction of sp³-hybridized carbons (Fsp3) is 0.500. The van der Waals surface area contributed by atoms with E-state index in [-0.39, 0.29) is 0 Å². The largest absolute Gasteiger partial charge is 0.153 e. The van der Waals surface area contributed by atoms with Crippen molar-refractivity contribution in [2.45, 2.75) is 3.91 Å². The Balaban J connectivity index is 2.15. The molecule has 50 valence electrons. The molecule has 0 nitrogen and oxygen atoms in total. The van der Waals surface area contributed by atoms with Crippen molar-refractivity contribution in [3.8, 4) is 0 Å². The Morgan fingerprint density at radius 1 is 1.22 bits per heavy atom. The number of rotatable bonds is 0. The van der Waals surface area contributed by atoms with Crippen molar-refractivity contribution in [1.29, 1.82) is 0 Å². The van der Waals surface area contributed by atoms with Crippen molar-refractivity contribution in [1.82, 2.24) is 0 Å². The molecule has 0 atom stereocenters. The molecule has 0 aromatic carbocycles. The maximum atomic E-state index is 4.36. The summed E-state index contributed by atoms with van der Waals surface area (Å²) < 4.78 is 3.48. The average molecular weight is 212 g/mol. The van der Waals surface area contributed by atoms with Crippen LogP contribution in [-0.4, -0.2) is 9.00 Å². The van der Waals surface area contributed by atoms with E-state index in [0.717, 1.165) is 0 Å². The van der Waals surface area contributed by atoms with Crippen LogP contribution in [0.5, 0.6) is 0 Å². The zero-order valence-corrected chi connectivity index (χ0v) is 8.53. The highest BCUT2D eigenvalue weighted by Gasteiger charge is 2.27. The van der Waals surface area contributed by atoms with Gasteiger partial charge in [-0.05, 0) is 0 Å². The monoisotopic (exact) mass is 212 g/mol. The van der Waals surface area contributed by atoms with Gasteiger partial charge in [-0.1, -0.05) is 23.5 Å². The van der Waals surface area contributed by atoms with Gasteiger partial charge in [0.25, 0.3) is 0 Å². The molecule has 0 aliphatic carbocycles. The second-order valence-electron chi connectivity index (χ2n) is 1.52. The molecule has 0 radical (unpaired) electrons. The highest BCUT2D eigenvalue weighted by molar-refractivity contribution is 8.47. The summed E-state index contributed by atoms with van der Waals surface area (Å²) in [5, 5.41) is 1.21. The summed E-state index contributed by atoms with van der Waals surface area (Å²) in [5.74, 6) is 0. The van der Waals surface area contributed by atoms with Gasteiger partial charge in [0.05, 0.1) is 8.47 Å². The molecule has 2 aliphatic rings. The van der Waals surface area contributed by atoms with Gasteiger partial charge in [0.15, 0.2) is 0 Å². The molecule has 0 unspecified atom stereocenters. The fourth-order valence-corrected chi connectivity index (χ4v) is 7.98. The molecule has 0 bridgehead atoms. The van der Waals surface area contributed by atoms with Crippen molar-refractivity contribution in [2.24, 2.45) is 0 Å². The molecular weight excluding hydrogens is 208 g/mol. The predicted octanol–water partition coefficient (Wildman–Crippen LogP) is 3.24. The van der Waals surface area contributed by atoms with Crippen LogP contribution in [0.3, 0.4) is 0 Å². The van der Waals surface area contributed by atoms with E-state index < -0.39 is 0 Å². The third-order valence-corrected chi connectivity index (χ3v) is 7.09. The molecule has 0 amide bonds. The van der Waals surface area contributed by atoms with E-state index in [1.54, 1.807) is 0 Å². The van der Waals surface area contributed by atoms with Crippen molar-refractivity contribution in [3.63, 3.8) is 0 Å². The van der Waals surface area contributed by atoms with Crippen molar-refractivity contribution < 1.29 is 0 Å². The molecule has 2 aliphatic heterocycles. The lowest BCUT2D eigenvalue weighted by Crippen LogP contribution is -1.74. The standard InChI is InChI=1S/C4H4S5/c5-4-8-2-3(9-4)7-1-6-2/h4-5H,1H2. The van der Waals surface area contributed by atoms with Crippen molar-refractivity contribution in [2.75, 3.05) is 5.08 Å². The number of hydrogen-bond donors (Lipinski definition) is 1. The zero-order valence-electron chi connectivity index (χ0n) is 4.36. The molecule has 0 aromatic rings. The Kier molecular flexibility index (Phi) is 2.27. The number of thiol groups is 1. The second kappa shape index (κ2) is 2.85. The Bertz CT molecular complexity index is 146. The molecule has 0 saturated heterocycles. The van der Waals surface area contributed by atoms with Gasteiger partial charge in [-0.2, -0.15) is 12.6 Å². The summed E-state index contributed by atoms with van der Waals surface area (Å²) in [6.45, 7) is 0. The molecular formula is C4H4S5. The lowest BCUT2D eigenvalue weighted by atomic mass is 11.2. The first-order valence-corrected chi connectivity index (χ1v) is 6.62. The quantitative estimate of drug-likeness (QED) is 0.612. The maximum absolute atomic E-state index is 4.36. The summed E-state index contributed by atoms with van der Waals surface area (Å²) >= 11 is 12.0. The van der Waals surface area contributed by atoms with Crippen molar-refractivity contribution in [3.05, 3.63) is 8.47 Å². The first kappa shape index (κ1) is 7.16. The van der Waals surface area contributed by atoms with Gasteiger partial charge in [-0.25, -0.2) is 0 Å². The summed E-state index contributed by atoms with van der Waals surface area (Å²) in [5.41, 5.74) is 0. The second-order valence-corrected chi connectivity index (χ2v) is 8.12. The van der Waals surface area contributed by atoms with Gasteiger partial charge in [-0.3, -0.25) is 0 Å². The Labute approximate surface area is 76.8 Å². The molecule has 9 heavy (non-hydrogen) atoms. The Hall–Kier alpha value is 1.49. The van der Waals surface area contributed by atoms with Crippen LogP contribution in [-0.2, 0) is 0 Å². The third kappa shape index (κ3) is 1.40. The van der Waals surface area contributed by atoms with Gasteiger partial charge in [-0.15, -0.1) is 23.5 Å². The minimum absolute atomic E-state index is 0.468. The van der Waals surface area contributed by atoms with Gasteiger partial charge < -0.3 is 0 Å². The van der Waals surface area contributed by atoms with Gasteiger partial charge in [0.1, 0.15) is 3.91 Å². The minimum atomic E-state index is 0.468. The predicted molar refractivity (Wildman–Crippen MR) is 55.0 cm³/mol. The smallest absolute Gasteiger partial charge is 0.103 e. The van der Waals surface area contributed by atoms with Crippen LogP contribution in [0.25, 0.3) is 0 Å². The molecule has 0 spiro atoms. The molecule has 2 heterocycles. The zero-order chi connectivity index (χ0) is 6.27. The van der Waals surface area contributed by atoms with E-state index in [1.807, 2.05) is 47.0 Å². The van der Waals surface area contributed by atoms with Crippen LogP contribution in [0, 0.1) is 0 Å². The third-order valence-electron chi connectivity index (χ3n) is 0.962. The van der Waals surface area contributed by atoms with E-state index >= 15 is 0 Å². The van der Waals surface area contributed by atoms with Crippen LogP contribution < -0.4 is 0 Å². The topological polar surface area (TPSA) is 0 Å². The highest BCUT2D eigenvalue weighted by Crippen LogP contribution is 2.60. The first-order valence-electron chi connectivity index (χ1n) is 2.37. The van der Waals surface area contributed by atoms with E-state index in [0.29, 0.717) is 3.91 Å². The summed E-state index contributed by atoms with van der Waals surface area (Å²) in [4.78, 5) is 0. The molecule has 0 saturated carbocycles. The highest BCUT2D eigenvalue weighted by atomic mass is 32.3. The van der Waals surface area contributed by atoms with Gasteiger partial charge in [0, 0.05) is 5.08 Å². The minimum Gasteiger partial charge on any atom is -0.153 e. The molecule has 0 N–H and O–H groups in total. The van der Waals surface area contributed by atoms with E-state index in [1.165, 1.54) is 13.6 Å². The fourth-order valence-electron chi connectivity index (χ4n) is 0.626. The van der Waals surface area contributed by atoms with E-state index in [4.69, 9.17) is 0 Å². The molecule has 0 fully saturated rings. The Morgan fingerprint density at radius 2 is 1.78 bits per heavy atom.